The van der Waals surface area contributed by atoms with Crippen LogP contribution in [-0.2, 0) is 65.4 Å². The highest BCUT2D eigenvalue weighted by atomic mass is 32.2. The van der Waals surface area contributed by atoms with E-state index >= 15 is 0 Å². The second-order valence-electron chi connectivity index (χ2n) is 15.1. The van der Waals surface area contributed by atoms with Crippen LogP contribution in [0.1, 0.15) is 43.0 Å². The van der Waals surface area contributed by atoms with Crippen molar-refractivity contribution in [2.75, 3.05) is 14.1 Å². The zero-order valence-corrected chi connectivity index (χ0v) is 37.3. The third kappa shape index (κ3) is 12.2. The van der Waals surface area contributed by atoms with Gasteiger partial charge < -0.3 is 29.9 Å². The number of nitrogens with zero attached hydrogens (tertiary/aromatic N) is 5. The molecule has 0 saturated carbocycles. The molecule has 1 amide bonds. The van der Waals surface area contributed by atoms with E-state index in [1.807, 2.05) is 0 Å². The van der Waals surface area contributed by atoms with Crippen LogP contribution < -0.4 is 5.32 Å². The number of esters is 1. The van der Waals surface area contributed by atoms with E-state index in [2.05, 4.69) is 15.3 Å². The molecule has 0 spiro atoms. The van der Waals surface area contributed by atoms with Crippen molar-refractivity contribution in [1.82, 2.24) is 28.1 Å². The summed E-state index contributed by atoms with van der Waals surface area (Å²) in [6.07, 6.45) is 9.54. The van der Waals surface area contributed by atoms with Gasteiger partial charge in [0.1, 0.15) is 22.0 Å². The van der Waals surface area contributed by atoms with Crippen LogP contribution in [0.15, 0.2) is 144 Å². The highest BCUT2D eigenvalue weighted by Gasteiger charge is 2.26. The first-order valence-corrected chi connectivity index (χ1v) is 22.4. The zero-order valence-electron chi connectivity index (χ0n) is 35.7. The van der Waals surface area contributed by atoms with Crippen LogP contribution in [0.5, 0.6) is 0 Å². The summed E-state index contributed by atoms with van der Waals surface area (Å²) in [6, 6.07) is 23.4. The fourth-order valence-corrected chi connectivity index (χ4v) is 8.93. The van der Waals surface area contributed by atoms with Crippen molar-refractivity contribution >= 4 is 38.1 Å². The lowest BCUT2D eigenvalue weighted by Gasteiger charge is -2.24. The van der Waals surface area contributed by atoms with E-state index < -0.39 is 43.7 Å². The average Bonchev–Trinajstić information content (AvgIpc) is 3.91. The molecule has 0 aliphatic carbocycles. The van der Waals surface area contributed by atoms with E-state index in [0.717, 1.165) is 15.6 Å². The van der Waals surface area contributed by atoms with Crippen molar-refractivity contribution in [2.45, 2.75) is 62.5 Å². The number of rotatable bonds is 15. The van der Waals surface area contributed by atoms with E-state index in [1.165, 1.54) is 58.2 Å². The normalized spacial score (nSPS) is 11.7. The highest BCUT2D eigenvalue weighted by molar-refractivity contribution is 7.90. The van der Waals surface area contributed by atoms with Crippen molar-refractivity contribution in [3.63, 3.8) is 0 Å². The third-order valence-corrected chi connectivity index (χ3v) is 12.4. The minimum absolute atomic E-state index is 0.0328. The predicted octanol–water partition coefficient (Wildman–Crippen LogP) is 5.84. The number of amides is 1. The summed E-state index contributed by atoms with van der Waals surface area (Å²) < 4.78 is 66.3. The first-order chi connectivity index (χ1) is 30.3. The van der Waals surface area contributed by atoms with Crippen molar-refractivity contribution < 1.29 is 50.9 Å². The molecular formula is C45H48N6O11S2. The Morgan fingerprint density at radius 3 is 1.78 bits per heavy atom. The molecule has 6 rings (SSSR count). The van der Waals surface area contributed by atoms with Crippen LogP contribution in [-0.4, -0.2) is 87.6 Å². The molecule has 17 nitrogen and oxygen atoms in total. The van der Waals surface area contributed by atoms with Crippen LogP contribution >= 0.6 is 0 Å². The monoisotopic (exact) mass is 912 g/mol. The summed E-state index contributed by atoms with van der Waals surface area (Å²) in [4.78, 5) is 44.0. The number of carbonyl (C=O) groups is 3. The fraction of sp³-hybridized carbons (Fsp3) is 0.222. The lowest BCUT2D eigenvalue weighted by atomic mass is 10.0. The zero-order chi connectivity index (χ0) is 46.7. The summed E-state index contributed by atoms with van der Waals surface area (Å²) >= 11 is 0. The van der Waals surface area contributed by atoms with E-state index in [-0.39, 0.29) is 29.5 Å². The van der Waals surface area contributed by atoms with Crippen molar-refractivity contribution in [2.24, 2.45) is 0 Å². The molecule has 0 aliphatic heterocycles. The minimum atomic E-state index is -3.97. The number of carboxylic acids is 1. The SMILES string of the molecule is CN(Cc1cc(-c2ccccc2CO)n(S(=O)(=O)c2cccnc2)c1)C(=O)OC(C)(C)C.CNCc1cc(-c2ccccc2COC(=O)/C=C/C(=O)O)n(S(=O)(=O)c2cccnc2)c1. The number of aliphatic hydroxyl groups excluding tert-OH is 1. The number of carboxylic acid groups (broad SMARTS) is 1. The smallest absolute Gasteiger partial charge is 0.410 e. The summed E-state index contributed by atoms with van der Waals surface area (Å²) in [6.45, 7) is 5.50. The Hall–Kier alpha value is -6.93. The Kier molecular flexibility index (Phi) is 15.8. The Labute approximate surface area is 371 Å². The van der Waals surface area contributed by atoms with Crippen LogP contribution in [0, 0.1) is 0 Å². The number of aliphatic carboxylic acids is 1. The molecule has 0 radical (unpaired) electrons. The molecule has 0 atom stereocenters. The molecule has 0 aliphatic rings. The highest BCUT2D eigenvalue weighted by Crippen LogP contribution is 2.32. The molecular weight excluding hydrogens is 865 g/mol. The number of carbonyl (C=O) groups excluding carboxylic acids is 2. The Bertz CT molecular complexity index is 2840. The van der Waals surface area contributed by atoms with Crippen LogP contribution in [0.4, 0.5) is 4.79 Å². The standard InChI is InChI=1S/C23H27N3O5S.C22H21N3O6S/c1-23(2,3)31-22(28)25(4)14-17-12-21(20-10-6-5-8-18(20)16-27)26(15-17)32(29,30)19-9-7-11-24-13-19;1-23-12-16-11-20(25(14-16)32(29,30)18-6-4-10-24-13-18)19-7-3-2-5-17(19)15-31-22(28)9-8-21(26)27/h5-13,15,27H,14,16H2,1-4H3;2-11,13-14,23H,12,15H2,1H3,(H,26,27)/b;9-8+. The molecule has 0 bridgehead atoms. The van der Waals surface area contributed by atoms with E-state index in [0.29, 0.717) is 51.8 Å². The fourth-order valence-electron chi connectivity index (χ4n) is 6.22. The largest absolute Gasteiger partial charge is 0.478 e. The molecule has 2 aromatic carbocycles. The van der Waals surface area contributed by atoms with Crippen molar-refractivity contribution in [3.8, 4) is 22.5 Å². The number of aromatic nitrogens is 4. The van der Waals surface area contributed by atoms with Gasteiger partial charge in [-0.05, 0) is 86.5 Å². The second-order valence-corrected chi connectivity index (χ2v) is 18.7. The molecule has 0 fully saturated rings. The first kappa shape index (κ1) is 48.1. The number of pyridine rings is 2. The van der Waals surface area contributed by atoms with Gasteiger partial charge in [-0.3, -0.25) is 9.97 Å². The van der Waals surface area contributed by atoms with E-state index in [9.17, 15) is 36.3 Å². The summed E-state index contributed by atoms with van der Waals surface area (Å²) in [5, 5.41) is 21.4. The van der Waals surface area contributed by atoms with E-state index in [4.69, 9.17) is 14.6 Å². The van der Waals surface area contributed by atoms with Gasteiger partial charge in [-0.15, -0.1) is 0 Å². The van der Waals surface area contributed by atoms with Crippen LogP contribution in [0.2, 0.25) is 0 Å². The first-order valence-electron chi connectivity index (χ1n) is 19.5. The quantitative estimate of drug-likeness (QED) is 0.0813. The van der Waals surface area contributed by atoms with Gasteiger partial charge in [-0.2, -0.15) is 0 Å². The number of ether oxygens (including phenoxy) is 2. The Morgan fingerprint density at radius 1 is 0.766 bits per heavy atom. The maximum Gasteiger partial charge on any atom is 0.410 e. The topological polar surface area (TPSA) is 229 Å². The molecule has 0 saturated heterocycles. The summed E-state index contributed by atoms with van der Waals surface area (Å²) in [5.41, 5.74) is 3.73. The Balaban J connectivity index is 0.000000241. The number of hydrogen-bond donors (Lipinski definition) is 3. The van der Waals surface area contributed by atoms with Gasteiger partial charge in [0.15, 0.2) is 0 Å². The number of nitrogens with one attached hydrogen (secondary N) is 1. The minimum Gasteiger partial charge on any atom is -0.478 e. The lowest BCUT2D eigenvalue weighted by molar-refractivity contribution is -0.139. The van der Waals surface area contributed by atoms with Crippen LogP contribution in [0.3, 0.4) is 0 Å². The van der Waals surface area contributed by atoms with Gasteiger partial charge in [-0.25, -0.2) is 39.2 Å². The van der Waals surface area contributed by atoms with Gasteiger partial charge in [0, 0.05) is 74.1 Å². The number of benzene rings is 2. The number of aliphatic hydroxyl groups is 1. The maximum absolute atomic E-state index is 13.4. The summed E-state index contributed by atoms with van der Waals surface area (Å²) in [5.74, 6) is -2.09. The molecule has 4 heterocycles. The maximum atomic E-state index is 13.4. The third-order valence-electron chi connectivity index (χ3n) is 9.06. The number of hydrogen-bond acceptors (Lipinski definition) is 13. The van der Waals surface area contributed by atoms with Gasteiger partial charge >= 0.3 is 18.0 Å². The molecule has 6 aromatic rings. The summed E-state index contributed by atoms with van der Waals surface area (Å²) in [7, 11) is -4.57. The van der Waals surface area contributed by atoms with E-state index in [1.54, 1.807) is 108 Å². The van der Waals surface area contributed by atoms with Gasteiger partial charge in [-0.1, -0.05) is 48.5 Å². The second kappa shape index (κ2) is 21.0. The lowest BCUT2D eigenvalue weighted by Crippen LogP contribution is -2.33. The van der Waals surface area contributed by atoms with Crippen molar-refractivity contribution in [3.05, 3.63) is 157 Å². The molecule has 3 N–H and O–H groups in total. The Morgan fingerprint density at radius 2 is 1.28 bits per heavy atom. The molecule has 4 aromatic heterocycles. The van der Waals surface area contributed by atoms with Crippen LogP contribution in [0.25, 0.3) is 22.5 Å². The van der Waals surface area contributed by atoms with Gasteiger partial charge in [0.05, 0.1) is 24.5 Å². The predicted molar refractivity (Wildman–Crippen MR) is 236 cm³/mol. The molecule has 336 valence electrons. The van der Waals surface area contributed by atoms with Gasteiger partial charge in [0.25, 0.3) is 20.0 Å². The van der Waals surface area contributed by atoms with Crippen molar-refractivity contribution in [1.29, 1.82) is 0 Å². The molecule has 19 heteroatoms. The molecule has 0 unspecified atom stereocenters. The average molecular weight is 913 g/mol. The molecule has 64 heavy (non-hydrogen) atoms. The van der Waals surface area contributed by atoms with Gasteiger partial charge in [0.2, 0.25) is 0 Å².